The van der Waals surface area contributed by atoms with E-state index in [0.717, 1.165) is 36.6 Å². The molecule has 2 N–H and O–H groups in total. The maximum Gasteiger partial charge on any atom is 0.0825 e. The predicted molar refractivity (Wildman–Crippen MR) is 67.9 cm³/mol. The molecule has 0 bridgehead atoms. The fourth-order valence-electron chi connectivity index (χ4n) is 1.91. The van der Waals surface area contributed by atoms with Gasteiger partial charge in [0.1, 0.15) is 0 Å². The van der Waals surface area contributed by atoms with Crippen molar-refractivity contribution in [3.05, 3.63) is 29.3 Å². The number of aryl methyl sites for hydroxylation is 3. The SMILES string of the molecule is CCCn1nccc1CNc1c(C)n[nH]c1C. The van der Waals surface area contributed by atoms with Crippen LogP contribution in [0.1, 0.15) is 30.4 Å². The van der Waals surface area contributed by atoms with Crippen molar-refractivity contribution in [2.75, 3.05) is 5.32 Å². The molecule has 2 rings (SSSR count). The van der Waals surface area contributed by atoms with Gasteiger partial charge in [0.25, 0.3) is 0 Å². The monoisotopic (exact) mass is 233 g/mol. The molecule has 5 nitrogen and oxygen atoms in total. The second-order valence-electron chi connectivity index (χ2n) is 4.21. The van der Waals surface area contributed by atoms with Crippen molar-refractivity contribution in [3.63, 3.8) is 0 Å². The average molecular weight is 233 g/mol. The number of hydrogen-bond acceptors (Lipinski definition) is 3. The Hall–Kier alpha value is -1.78. The summed E-state index contributed by atoms with van der Waals surface area (Å²) in [5.74, 6) is 0. The third-order valence-electron chi connectivity index (χ3n) is 2.81. The minimum absolute atomic E-state index is 0.779. The molecule has 92 valence electrons. The molecule has 0 spiro atoms. The maximum atomic E-state index is 4.30. The van der Waals surface area contributed by atoms with Crippen molar-refractivity contribution in [2.24, 2.45) is 0 Å². The predicted octanol–water partition coefficient (Wildman–Crippen LogP) is 2.25. The Kier molecular flexibility index (Phi) is 3.46. The lowest BCUT2D eigenvalue weighted by atomic mass is 10.3. The largest absolute Gasteiger partial charge is 0.376 e. The van der Waals surface area contributed by atoms with Crippen molar-refractivity contribution < 1.29 is 0 Å². The van der Waals surface area contributed by atoms with Crippen molar-refractivity contribution in [2.45, 2.75) is 40.3 Å². The molecule has 0 unspecified atom stereocenters. The molecule has 0 aliphatic heterocycles. The first-order chi connectivity index (χ1) is 8.22. The van der Waals surface area contributed by atoms with Crippen LogP contribution in [0.3, 0.4) is 0 Å². The summed E-state index contributed by atoms with van der Waals surface area (Å²) >= 11 is 0. The number of aromatic amines is 1. The normalized spacial score (nSPS) is 10.8. The van der Waals surface area contributed by atoms with E-state index in [9.17, 15) is 0 Å². The number of anilines is 1. The van der Waals surface area contributed by atoms with Crippen LogP contribution in [0.2, 0.25) is 0 Å². The molecule has 0 aliphatic rings. The van der Waals surface area contributed by atoms with Gasteiger partial charge in [0.2, 0.25) is 0 Å². The Morgan fingerprint density at radius 1 is 1.41 bits per heavy atom. The molecule has 0 amide bonds. The van der Waals surface area contributed by atoms with Gasteiger partial charge < -0.3 is 5.32 Å². The van der Waals surface area contributed by atoms with Gasteiger partial charge in [-0.15, -0.1) is 0 Å². The summed E-state index contributed by atoms with van der Waals surface area (Å²) in [7, 11) is 0. The molecule has 2 aromatic rings. The van der Waals surface area contributed by atoms with Crippen LogP contribution < -0.4 is 5.32 Å². The average Bonchev–Trinajstić information content (AvgIpc) is 2.86. The van der Waals surface area contributed by atoms with Gasteiger partial charge in [0.05, 0.1) is 29.3 Å². The van der Waals surface area contributed by atoms with E-state index in [4.69, 9.17) is 0 Å². The van der Waals surface area contributed by atoms with E-state index in [1.165, 1.54) is 5.69 Å². The van der Waals surface area contributed by atoms with Crippen LogP contribution in [0, 0.1) is 13.8 Å². The van der Waals surface area contributed by atoms with Gasteiger partial charge in [0.15, 0.2) is 0 Å². The van der Waals surface area contributed by atoms with E-state index in [1.807, 2.05) is 30.8 Å². The van der Waals surface area contributed by atoms with E-state index in [2.05, 4.69) is 27.5 Å². The summed E-state index contributed by atoms with van der Waals surface area (Å²) in [5, 5.41) is 14.8. The molecule has 17 heavy (non-hydrogen) atoms. The molecule has 0 saturated heterocycles. The number of aromatic nitrogens is 4. The minimum atomic E-state index is 0.779. The molecule has 2 heterocycles. The van der Waals surface area contributed by atoms with Crippen molar-refractivity contribution in [1.82, 2.24) is 20.0 Å². The summed E-state index contributed by atoms with van der Waals surface area (Å²) in [4.78, 5) is 0. The smallest absolute Gasteiger partial charge is 0.0825 e. The second-order valence-corrected chi connectivity index (χ2v) is 4.21. The molecular weight excluding hydrogens is 214 g/mol. The number of rotatable bonds is 5. The zero-order valence-corrected chi connectivity index (χ0v) is 10.6. The Labute approximate surface area is 101 Å². The van der Waals surface area contributed by atoms with Gasteiger partial charge >= 0.3 is 0 Å². The van der Waals surface area contributed by atoms with Crippen molar-refractivity contribution in [3.8, 4) is 0 Å². The van der Waals surface area contributed by atoms with E-state index in [-0.39, 0.29) is 0 Å². The summed E-state index contributed by atoms with van der Waals surface area (Å²) in [6, 6.07) is 2.05. The summed E-state index contributed by atoms with van der Waals surface area (Å²) in [6.07, 6.45) is 2.94. The fourth-order valence-corrected chi connectivity index (χ4v) is 1.91. The molecule has 2 aromatic heterocycles. The minimum Gasteiger partial charge on any atom is -0.376 e. The summed E-state index contributed by atoms with van der Waals surface area (Å²) in [6.45, 7) is 7.92. The lowest BCUT2D eigenvalue weighted by Crippen LogP contribution is -2.09. The summed E-state index contributed by atoms with van der Waals surface area (Å²) in [5.41, 5.74) is 4.37. The van der Waals surface area contributed by atoms with Gasteiger partial charge in [-0.05, 0) is 26.3 Å². The third kappa shape index (κ3) is 2.49. The van der Waals surface area contributed by atoms with Gasteiger partial charge in [0, 0.05) is 12.7 Å². The molecule has 0 atom stereocenters. The number of nitrogens with one attached hydrogen (secondary N) is 2. The lowest BCUT2D eigenvalue weighted by molar-refractivity contribution is 0.578. The highest BCUT2D eigenvalue weighted by Gasteiger charge is 2.07. The lowest BCUT2D eigenvalue weighted by Gasteiger charge is -2.08. The molecule has 0 saturated carbocycles. The second kappa shape index (κ2) is 5.03. The Morgan fingerprint density at radius 2 is 2.24 bits per heavy atom. The highest BCUT2D eigenvalue weighted by Crippen LogP contribution is 2.17. The van der Waals surface area contributed by atoms with Crippen LogP contribution in [0.5, 0.6) is 0 Å². The first kappa shape index (κ1) is 11.7. The highest BCUT2D eigenvalue weighted by molar-refractivity contribution is 5.51. The third-order valence-corrected chi connectivity index (χ3v) is 2.81. The zero-order chi connectivity index (χ0) is 12.3. The first-order valence-electron chi connectivity index (χ1n) is 5.98. The van der Waals surface area contributed by atoms with Crippen LogP contribution in [-0.4, -0.2) is 20.0 Å². The first-order valence-corrected chi connectivity index (χ1v) is 5.98. The van der Waals surface area contributed by atoms with Crippen molar-refractivity contribution >= 4 is 5.69 Å². The van der Waals surface area contributed by atoms with E-state index < -0.39 is 0 Å². The van der Waals surface area contributed by atoms with Crippen LogP contribution >= 0.6 is 0 Å². The van der Waals surface area contributed by atoms with Crippen LogP contribution in [0.25, 0.3) is 0 Å². The maximum absolute atomic E-state index is 4.30. The molecular formula is C12H19N5. The van der Waals surface area contributed by atoms with E-state index in [1.54, 1.807) is 0 Å². The van der Waals surface area contributed by atoms with Gasteiger partial charge in [-0.1, -0.05) is 6.92 Å². The van der Waals surface area contributed by atoms with Crippen LogP contribution in [0.4, 0.5) is 5.69 Å². The van der Waals surface area contributed by atoms with E-state index in [0.29, 0.717) is 0 Å². The van der Waals surface area contributed by atoms with Crippen molar-refractivity contribution in [1.29, 1.82) is 0 Å². The zero-order valence-electron chi connectivity index (χ0n) is 10.6. The van der Waals surface area contributed by atoms with Crippen LogP contribution in [0.15, 0.2) is 12.3 Å². The quantitative estimate of drug-likeness (QED) is 0.832. The molecule has 0 aromatic carbocycles. The Balaban J connectivity index is 2.05. The highest BCUT2D eigenvalue weighted by atomic mass is 15.3. The Morgan fingerprint density at radius 3 is 2.88 bits per heavy atom. The van der Waals surface area contributed by atoms with Gasteiger partial charge in [-0.25, -0.2) is 0 Å². The number of hydrogen-bond donors (Lipinski definition) is 2. The Bertz CT molecular complexity index is 463. The number of H-pyrrole nitrogens is 1. The van der Waals surface area contributed by atoms with Gasteiger partial charge in [-0.3, -0.25) is 9.78 Å². The summed E-state index contributed by atoms with van der Waals surface area (Å²) < 4.78 is 2.04. The fraction of sp³-hybridized carbons (Fsp3) is 0.500. The standard InChI is InChI=1S/C12H19N5/c1-4-7-17-11(5-6-14-17)8-13-12-9(2)15-16-10(12)3/h5-6,13H,4,7-8H2,1-3H3,(H,15,16). The van der Waals surface area contributed by atoms with E-state index >= 15 is 0 Å². The molecule has 0 fully saturated rings. The molecule has 0 aliphatic carbocycles. The molecule has 0 radical (unpaired) electrons. The van der Waals surface area contributed by atoms with Crippen LogP contribution in [-0.2, 0) is 13.1 Å². The molecule has 5 heteroatoms. The van der Waals surface area contributed by atoms with Gasteiger partial charge in [-0.2, -0.15) is 10.2 Å². The topological polar surface area (TPSA) is 58.5 Å². The number of nitrogens with zero attached hydrogens (tertiary/aromatic N) is 3.